The molecule has 1 aliphatic heterocycles. The number of methoxy groups -OCH3 is 1. The van der Waals surface area contributed by atoms with Crippen molar-refractivity contribution in [3.63, 3.8) is 0 Å². The van der Waals surface area contributed by atoms with E-state index in [1.165, 1.54) is 19.5 Å². The Morgan fingerprint density at radius 1 is 1.16 bits per heavy atom. The number of para-hydroxylation sites is 1. The number of carbonyl (C=O) groups excluding carboxylic acids is 1. The predicted octanol–water partition coefficient (Wildman–Crippen LogP) is 3.00. The number of aromatic nitrogens is 2. The van der Waals surface area contributed by atoms with Crippen LogP contribution in [0.5, 0.6) is 0 Å². The maximum absolute atomic E-state index is 14.1. The molecule has 1 saturated heterocycles. The zero-order chi connectivity index (χ0) is 22.9. The standard InChI is InChI=1S/C21H27FN6O4/c1-32-18(29)9-3-2-6-10-23-20-19(28(30)31)21(25-15-24-20)27-13-11-26(12-14-27)17-8-5-4-7-16(17)22/h4-5,7-8,15H,2-3,6,9-14H2,1H3,(H,23,24,25). The van der Waals surface area contributed by atoms with Crippen LogP contribution in [0.2, 0.25) is 0 Å². The highest BCUT2D eigenvalue weighted by molar-refractivity contribution is 5.71. The van der Waals surface area contributed by atoms with Gasteiger partial charge >= 0.3 is 11.7 Å². The lowest BCUT2D eigenvalue weighted by Crippen LogP contribution is -2.47. The van der Waals surface area contributed by atoms with Crippen molar-refractivity contribution in [2.45, 2.75) is 25.7 Å². The van der Waals surface area contributed by atoms with E-state index in [1.54, 1.807) is 18.2 Å². The first-order valence-electron chi connectivity index (χ1n) is 10.6. The molecule has 0 amide bonds. The van der Waals surface area contributed by atoms with Crippen LogP contribution in [-0.4, -0.2) is 60.7 Å². The van der Waals surface area contributed by atoms with Crippen molar-refractivity contribution in [2.75, 3.05) is 55.0 Å². The Labute approximate surface area is 185 Å². The number of ether oxygens (including phenoxy) is 1. The van der Waals surface area contributed by atoms with Gasteiger partial charge in [0.05, 0.1) is 17.7 Å². The van der Waals surface area contributed by atoms with Crippen molar-refractivity contribution in [1.29, 1.82) is 0 Å². The SMILES string of the molecule is COC(=O)CCCCCNc1ncnc(N2CCN(c3ccccc3F)CC2)c1[N+](=O)[O-]. The molecule has 32 heavy (non-hydrogen) atoms. The Balaban J connectivity index is 1.61. The van der Waals surface area contributed by atoms with Gasteiger partial charge in [0.2, 0.25) is 11.6 Å². The van der Waals surface area contributed by atoms with Gasteiger partial charge in [-0.3, -0.25) is 14.9 Å². The summed E-state index contributed by atoms with van der Waals surface area (Å²) in [4.78, 5) is 34.5. The van der Waals surface area contributed by atoms with Crippen LogP contribution in [0, 0.1) is 15.9 Å². The van der Waals surface area contributed by atoms with Crippen molar-refractivity contribution in [2.24, 2.45) is 0 Å². The third-order valence-electron chi connectivity index (χ3n) is 5.34. The molecule has 1 aliphatic rings. The van der Waals surface area contributed by atoms with Crippen molar-refractivity contribution >= 4 is 29.0 Å². The number of benzene rings is 1. The van der Waals surface area contributed by atoms with Crippen LogP contribution in [0.3, 0.4) is 0 Å². The lowest BCUT2D eigenvalue weighted by molar-refractivity contribution is -0.383. The second-order valence-corrected chi connectivity index (χ2v) is 7.39. The third kappa shape index (κ3) is 5.80. The molecule has 3 rings (SSSR count). The maximum atomic E-state index is 14.1. The molecule has 1 N–H and O–H groups in total. The van der Waals surface area contributed by atoms with Gasteiger partial charge in [-0.1, -0.05) is 18.6 Å². The summed E-state index contributed by atoms with van der Waals surface area (Å²) in [6.07, 6.45) is 3.87. The normalized spacial score (nSPS) is 13.7. The molecular formula is C21H27FN6O4. The Morgan fingerprint density at radius 2 is 1.88 bits per heavy atom. The summed E-state index contributed by atoms with van der Waals surface area (Å²) in [7, 11) is 1.36. The first-order chi connectivity index (χ1) is 15.5. The molecule has 0 spiro atoms. The van der Waals surface area contributed by atoms with Crippen LogP contribution in [0.1, 0.15) is 25.7 Å². The van der Waals surface area contributed by atoms with Gasteiger partial charge in [0.15, 0.2) is 0 Å². The minimum absolute atomic E-state index is 0.165. The predicted molar refractivity (Wildman–Crippen MR) is 118 cm³/mol. The summed E-state index contributed by atoms with van der Waals surface area (Å²) in [5, 5.41) is 14.8. The first kappa shape index (κ1) is 23.2. The van der Waals surface area contributed by atoms with Crippen molar-refractivity contribution < 1.29 is 18.8 Å². The second kappa shape index (κ2) is 11.2. The molecule has 2 aromatic rings. The van der Waals surface area contributed by atoms with Crippen molar-refractivity contribution in [3.05, 3.63) is 46.5 Å². The van der Waals surface area contributed by atoms with Crippen LogP contribution >= 0.6 is 0 Å². The highest BCUT2D eigenvalue weighted by Gasteiger charge is 2.29. The number of rotatable bonds is 10. The van der Waals surface area contributed by atoms with Gasteiger partial charge < -0.3 is 19.9 Å². The van der Waals surface area contributed by atoms with Crippen molar-refractivity contribution in [1.82, 2.24) is 9.97 Å². The fourth-order valence-electron chi connectivity index (χ4n) is 3.65. The zero-order valence-corrected chi connectivity index (χ0v) is 18.0. The number of esters is 1. The lowest BCUT2D eigenvalue weighted by Gasteiger charge is -2.36. The molecule has 0 unspecified atom stereocenters. The number of nitro groups is 1. The van der Waals surface area contributed by atoms with Gasteiger partial charge in [-0.05, 0) is 25.0 Å². The minimum atomic E-state index is -0.474. The monoisotopic (exact) mass is 446 g/mol. The molecule has 2 heterocycles. The topological polar surface area (TPSA) is 114 Å². The number of hydrogen-bond donors (Lipinski definition) is 1. The number of hydrogen-bond acceptors (Lipinski definition) is 9. The molecule has 0 atom stereocenters. The minimum Gasteiger partial charge on any atom is -0.469 e. The van der Waals surface area contributed by atoms with Crippen LogP contribution < -0.4 is 15.1 Å². The van der Waals surface area contributed by atoms with Gasteiger partial charge in [-0.2, -0.15) is 0 Å². The van der Waals surface area contributed by atoms with Crippen LogP contribution in [0.25, 0.3) is 0 Å². The van der Waals surface area contributed by atoms with Gasteiger partial charge in [0, 0.05) is 39.1 Å². The third-order valence-corrected chi connectivity index (χ3v) is 5.34. The average molecular weight is 446 g/mol. The first-order valence-corrected chi connectivity index (χ1v) is 10.6. The smallest absolute Gasteiger partial charge is 0.353 e. The molecule has 0 bridgehead atoms. The van der Waals surface area contributed by atoms with E-state index < -0.39 is 4.92 Å². The maximum Gasteiger partial charge on any atom is 0.353 e. The summed E-state index contributed by atoms with van der Waals surface area (Å²) in [5.41, 5.74) is 0.361. The zero-order valence-electron chi connectivity index (χ0n) is 18.0. The van der Waals surface area contributed by atoms with E-state index in [2.05, 4.69) is 20.0 Å². The summed E-state index contributed by atoms with van der Waals surface area (Å²) in [6.45, 7) is 2.47. The van der Waals surface area contributed by atoms with E-state index >= 15 is 0 Å². The summed E-state index contributed by atoms with van der Waals surface area (Å²) >= 11 is 0. The molecule has 11 heteroatoms. The van der Waals surface area contributed by atoms with Crippen LogP contribution in [0.15, 0.2) is 30.6 Å². The largest absolute Gasteiger partial charge is 0.469 e. The van der Waals surface area contributed by atoms with Crippen LogP contribution in [-0.2, 0) is 9.53 Å². The summed E-state index contributed by atoms with van der Waals surface area (Å²) in [6, 6.07) is 6.58. The van der Waals surface area contributed by atoms with E-state index in [4.69, 9.17) is 0 Å². The Morgan fingerprint density at radius 3 is 2.56 bits per heavy atom. The number of piperazine rings is 1. The molecule has 1 fully saturated rings. The molecule has 0 saturated carbocycles. The number of nitrogens with one attached hydrogen (secondary N) is 1. The van der Waals surface area contributed by atoms with E-state index in [0.29, 0.717) is 51.3 Å². The number of nitrogens with zero attached hydrogens (tertiary/aromatic N) is 5. The number of unbranched alkanes of at least 4 members (excludes halogenated alkanes) is 2. The summed E-state index contributed by atoms with van der Waals surface area (Å²) in [5.74, 6) is -0.105. The Kier molecular flexibility index (Phi) is 8.12. The van der Waals surface area contributed by atoms with E-state index in [-0.39, 0.29) is 29.1 Å². The number of anilines is 3. The number of halogens is 1. The lowest BCUT2D eigenvalue weighted by atomic mass is 10.2. The Hall–Kier alpha value is -3.50. The number of carbonyl (C=O) groups is 1. The second-order valence-electron chi connectivity index (χ2n) is 7.39. The van der Waals surface area contributed by atoms with Crippen molar-refractivity contribution in [3.8, 4) is 0 Å². The molecule has 10 nitrogen and oxygen atoms in total. The van der Waals surface area contributed by atoms with E-state index in [1.807, 2.05) is 9.80 Å². The molecule has 172 valence electrons. The van der Waals surface area contributed by atoms with Crippen LogP contribution in [0.4, 0.5) is 27.4 Å². The fourth-order valence-corrected chi connectivity index (χ4v) is 3.65. The molecule has 1 aromatic carbocycles. The average Bonchev–Trinajstić information content (AvgIpc) is 2.81. The van der Waals surface area contributed by atoms with E-state index in [0.717, 1.165) is 12.8 Å². The van der Waals surface area contributed by atoms with Gasteiger partial charge in [0.1, 0.15) is 12.1 Å². The summed E-state index contributed by atoms with van der Waals surface area (Å²) < 4.78 is 18.7. The van der Waals surface area contributed by atoms with Gasteiger partial charge in [-0.25, -0.2) is 14.4 Å². The molecule has 1 aromatic heterocycles. The highest BCUT2D eigenvalue weighted by atomic mass is 19.1. The quantitative estimate of drug-likeness (QED) is 0.255. The molecule has 0 aliphatic carbocycles. The van der Waals surface area contributed by atoms with Gasteiger partial charge in [-0.15, -0.1) is 0 Å². The molecular weight excluding hydrogens is 419 g/mol. The fraction of sp³-hybridized carbons (Fsp3) is 0.476. The highest BCUT2D eigenvalue weighted by Crippen LogP contribution is 2.33. The van der Waals surface area contributed by atoms with Gasteiger partial charge in [0.25, 0.3) is 0 Å². The van der Waals surface area contributed by atoms with E-state index in [9.17, 15) is 19.3 Å². The molecule has 0 radical (unpaired) electrons. The Bertz CT molecular complexity index is 936.